The second-order valence-corrected chi connectivity index (χ2v) is 2.62. The van der Waals surface area contributed by atoms with Crippen LogP contribution in [0.2, 0.25) is 0 Å². The Morgan fingerprint density at radius 1 is 1.29 bits per heavy atom. The summed E-state index contributed by atoms with van der Waals surface area (Å²) in [7, 11) is 0. The van der Waals surface area contributed by atoms with Crippen molar-refractivity contribution in [1.29, 1.82) is 0 Å². The highest BCUT2D eigenvalue weighted by Gasteiger charge is 2.04. The van der Waals surface area contributed by atoms with Crippen molar-refractivity contribution in [3.63, 3.8) is 0 Å². The van der Waals surface area contributed by atoms with Gasteiger partial charge in [0.05, 0.1) is 5.56 Å². The van der Waals surface area contributed by atoms with Crippen molar-refractivity contribution in [3.8, 4) is 0 Å². The van der Waals surface area contributed by atoms with Gasteiger partial charge in [-0.25, -0.2) is 4.79 Å². The van der Waals surface area contributed by atoms with Gasteiger partial charge < -0.3 is 4.74 Å². The maximum Gasteiger partial charge on any atom is 0.345 e. The van der Waals surface area contributed by atoms with Crippen LogP contribution >= 0.6 is 0 Å². The second kappa shape index (κ2) is 4.97. The molecule has 1 rings (SSSR count). The van der Waals surface area contributed by atoms with E-state index in [-0.39, 0.29) is 6.47 Å². The standard InChI is InChI=1S/C11H10O3/c1-2-3-9-4-6-10(7-5-9)11(13)14-8-12/h2-8H,1H3. The van der Waals surface area contributed by atoms with E-state index in [1.807, 2.05) is 19.1 Å². The molecule has 3 nitrogen and oxygen atoms in total. The Bertz CT molecular complexity index is 349. The Balaban J connectivity index is 2.82. The van der Waals surface area contributed by atoms with Gasteiger partial charge in [-0.1, -0.05) is 24.3 Å². The number of hydrogen-bond donors (Lipinski definition) is 0. The fraction of sp³-hybridized carbons (Fsp3) is 0.0909. The minimum absolute atomic E-state index is 0.127. The zero-order valence-corrected chi connectivity index (χ0v) is 7.77. The van der Waals surface area contributed by atoms with Crippen molar-refractivity contribution in [1.82, 2.24) is 0 Å². The minimum Gasteiger partial charge on any atom is -0.392 e. The lowest BCUT2D eigenvalue weighted by atomic mass is 10.1. The summed E-state index contributed by atoms with van der Waals surface area (Å²) in [5.41, 5.74) is 1.36. The van der Waals surface area contributed by atoms with Gasteiger partial charge >= 0.3 is 12.4 Å². The van der Waals surface area contributed by atoms with Crippen LogP contribution in [-0.4, -0.2) is 12.4 Å². The molecule has 0 radical (unpaired) electrons. The van der Waals surface area contributed by atoms with Crippen LogP contribution in [-0.2, 0) is 9.53 Å². The van der Waals surface area contributed by atoms with Crippen LogP contribution in [0.1, 0.15) is 22.8 Å². The normalized spacial score (nSPS) is 10.1. The third kappa shape index (κ3) is 2.55. The largest absolute Gasteiger partial charge is 0.392 e. The molecule has 0 atom stereocenters. The molecule has 0 bridgehead atoms. The van der Waals surface area contributed by atoms with Gasteiger partial charge in [-0.3, -0.25) is 4.79 Å². The van der Waals surface area contributed by atoms with E-state index in [0.29, 0.717) is 5.56 Å². The summed E-state index contributed by atoms with van der Waals surface area (Å²) in [6, 6.07) is 6.78. The van der Waals surface area contributed by atoms with Gasteiger partial charge in [-0.05, 0) is 24.6 Å². The average molecular weight is 190 g/mol. The predicted molar refractivity (Wildman–Crippen MR) is 52.6 cm³/mol. The lowest BCUT2D eigenvalue weighted by molar-refractivity contribution is -0.123. The Labute approximate surface area is 82.0 Å². The molecule has 0 amide bonds. The Kier molecular flexibility index (Phi) is 3.61. The number of esters is 1. The van der Waals surface area contributed by atoms with E-state index in [1.165, 1.54) is 0 Å². The maximum atomic E-state index is 11.0. The number of rotatable bonds is 3. The van der Waals surface area contributed by atoms with Crippen LogP contribution in [0.4, 0.5) is 0 Å². The van der Waals surface area contributed by atoms with Crippen molar-refractivity contribution < 1.29 is 14.3 Å². The van der Waals surface area contributed by atoms with Crippen LogP contribution in [0.3, 0.4) is 0 Å². The highest BCUT2D eigenvalue weighted by Crippen LogP contribution is 2.06. The van der Waals surface area contributed by atoms with Gasteiger partial charge in [0.2, 0.25) is 0 Å². The number of allylic oxidation sites excluding steroid dienone is 1. The highest BCUT2D eigenvalue weighted by atomic mass is 16.6. The van der Waals surface area contributed by atoms with E-state index >= 15 is 0 Å². The fourth-order valence-corrected chi connectivity index (χ4v) is 1.03. The molecule has 1 aromatic carbocycles. The smallest absolute Gasteiger partial charge is 0.345 e. The van der Waals surface area contributed by atoms with Gasteiger partial charge in [0, 0.05) is 0 Å². The van der Waals surface area contributed by atoms with Crippen molar-refractivity contribution >= 4 is 18.5 Å². The van der Waals surface area contributed by atoms with E-state index in [4.69, 9.17) is 0 Å². The topological polar surface area (TPSA) is 43.4 Å². The summed E-state index contributed by atoms with van der Waals surface area (Å²) < 4.78 is 4.19. The van der Waals surface area contributed by atoms with Crippen molar-refractivity contribution in [3.05, 3.63) is 41.5 Å². The summed E-state index contributed by atoms with van der Waals surface area (Å²) >= 11 is 0. The predicted octanol–water partition coefficient (Wildman–Crippen LogP) is 2.03. The van der Waals surface area contributed by atoms with Crippen molar-refractivity contribution in [2.24, 2.45) is 0 Å². The lowest BCUT2D eigenvalue weighted by Gasteiger charge is -1.97. The van der Waals surface area contributed by atoms with Gasteiger partial charge in [0.15, 0.2) is 0 Å². The maximum absolute atomic E-state index is 11.0. The number of ether oxygens (including phenoxy) is 1. The number of benzene rings is 1. The zero-order valence-electron chi connectivity index (χ0n) is 7.77. The molecule has 0 aliphatic heterocycles. The third-order valence-electron chi connectivity index (χ3n) is 1.66. The van der Waals surface area contributed by atoms with Crippen LogP contribution in [0.25, 0.3) is 6.08 Å². The molecule has 0 fully saturated rings. The van der Waals surface area contributed by atoms with Gasteiger partial charge in [-0.15, -0.1) is 0 Å². The van der Waals surface area contributed by atoms with E-state index in [9.17, 15) is 9.59 Å². The molecule has 0 saturated heterocycles. The Morgan fingerprint density at radius 2 is 1.93 bits per heavy atom. The number of carbonyl (C=O) groups is 2. The van der Waals surface area contributed by atoms with Crippen molar-refractivity contribution in [2.45, 2.75) is 6.92 Å². The molecule has 0 N–H and O–H groups in total. The third-order valence-corrected chi connectivity index (χ3v) is 1.66. The van der Waals surface area contributed by atoms with Gasteiger partial charge in [0.1, 0.15) is 0 Å². The molecule has 0 unspecified atom stereocenters. The van der Waals surface area contributed by atoms with Crippen LogP contribution in [0.5, 0.6) is 0 Å². The van der Waals surface area contributed by atoms with E-state index in [1.54, 1.807) is 24.3 Å². The van der Waals surface area contributed by atoms with Gasteiger partial charge in [-0.2, -0.15) is 0 Å². The number of carbonyl (C=O) groups excluding carboxylic acids is 2. The first-order valence-electron chi connectivity index (χ1n) is 4.15. The summed E-state index contributed by atoms with van der Waals surface area (Å²) in [6.45, 7) is 2.04. The first-order chi connectivity index (χ1) is 6.77. The molecule has 0 spiro atoms. The summed E-state index contributed by atoms with van der Waals surface area (Å²) in [5, 5.41) is 0. The SMILES string of the molecule is CC=Cc1ccc(C(=O)OC=O)cc1. The van der Waals surface area contributed by atoms with E-state index in [0.717, 1.165) is 5.56 Å². The molecule has 72 valence electrons. The molecule has 0 heterocycles. The second-order valence-electron chi connectivity index (χ2n) is 2.62. The minimum atomic E-state index is -0.632. The summed E-state index contributed by atoms with van der Waals surface area (Å²) in [6.07, 6.45) is 3.81. The molecule has 1 aromatic rings. The molecule has 0 saturated carbocycles. The van der Waals surface area contributed by atoms with Crippen LogP contribution in [0.15, 0.2) is 30.3 Å². The molecule has 0 aliphatic rings. The molecule has 0 aliphatic carbocycles. The molecular weight excluding hydrogens is 180 g/mol. The Hall–Kier alpha value is -1.90. The van der Waals surface area contributed by atoms with Crippen LogP contribution < -0.4 is 0 Å². The van der Waals surface area contributed by atoms with Gasteiger partial charge in [0.25, 0.3) is 0 Å². The highest BCUT2D eigenvalue weighted by molar-refractivity contribution is 5.93. The quantitative estimate of drug-likeness (QED) is 0.416. The summed E-state index contributed by atoms with van der Waals surface area (Å²) in [5.74, 6) is -0.632. The first-order valence-corrected chi connectivity index (χ1v) is 4.15. The molecular formula is C11H10O3. The van der Waals surface area contributed by atoms with E-state index < -0.39 is 5.97 Å². The Morgan fingerprint density at radius 3 is 2.43 bits per heavy atom. The number of hydrogen-bond acceptors (Lipinski definition) is 3. The first kappa shape index (κ1) is 10.2. The molecule has 14 heavy (non-hydrogen) atoms. The lowest BCUT2D eigenvalue weighted by Crippen LogP contribution is -2.02. The fourth-order valence-electron chi connectivity index (χ4n) is 1.03. The molecule has 0 aromatic heterocycles. The van der Waals surface area contributed by atoms with Crippen LogP contribution in [0, 0.1) is 0 Å². The summed E-state index contributed by atoms with van der Waals surface area (Å²) in [4.78, 5) is 20.9. The van der Waals surface area contributed by atoms with E-state index in [2.05, 4.69) is 4.74 Å². The average Bonchev–Trinajstić information content (AvgIpc) is 2.20. The zero-order chi connectivity index (χ0) is 10.4. The monoisotopic (exact) mass is 190 g/mol. The van der Waals surface area contributed by atoms with Crippen molar-refractivity contribution in [2.75, 3.05) is 0 Å². The molecule has 3 heteroatoms.